The number of carbonyl (C=O) groups excluding carboxylic acids is 1. The Kier molecular flexibility index (Phi) is 5.97. The molecule has 6 heteroatoms. The molecule has 5 nitrogen and oxygen atoms in total. The Morgan fingerprint density at radius 3 is 2.81 bits per heavy atom. The van der Waals surface area contributed by atoms with Crippen LogP contribution in [0.4, 0.5) is 5.95 Å². The summed E-state index contributed by atoms with van der Waals surface area (Å²) in [5.74, 6) is 0.290. The van der Waals surface area contributed by atoms with E-state index in [4.69, 9.17) is 16.3 Å². The topological polar surface area (TPSA) is 64.1 Å². The molecule has 1 aromatic carbocycles. The second-order valence-electron chi connectivity index (χ2n) is 4.35. The van der Waals surface area contributed by atoms with E-state index < -0.39 is 0 Å². The molecule has 0 atom stereocenters. The average Bonchev–Trinajstić information content (AvgIpc) is 2.51. The van der Waals surface area contributed by atoms with Gasteiger partial charge in [0, 0.05) is 23.8 Å². The number of hydrogen-bond donors (Lipinski definition) is 1. The number of nitrogens with zero attached hydrogens (tertiary/aromatic N) is 2. The molecule has 110 valence electrons. The fourth-order valence-electron chi connectivity index (χ4n) is 1.73. The van der Waals surface area contributed by atoms with Crippen LogP contribution in [0.25, 0.3) is 0 Å². The van der Waals surface area contributed by atoms with E-state index in [1.807, 2.05) is 18.2 Å². The normalized spacial score (nSPS) is 10.1. The maximum absolute atomic E-state index is 11.6. The predicted molar refractivity (Wildman–Crippen MR) is 81.3 cm³/mol. The number of aromatic nitrogens is 2. The largest absolute Gasteiger partial charge is 0.464 e. The molecule has 1 aromatic heterocycles. The van der Waals surface area contributed by atoms with Crippen LogP contribution in [0.3, 0.4) is 0 Å². The first-order valence-electron chi connectivity index (χ1n) is 6.65. The molecule has 21 heavy (non-hydrogen) atoms. The second-order valence-corrected chi connectivity index (χ2v) is 4.79. The van der Waals surface area contributed by atoms with Crippen molar-refractivity contribution < 1.29 is 9.53 Å². The molecule has 0 saturated carbocycles. The van der Waals surface area contributed by atoms with E-state index in [0.717, 1.165) is 5.56 Å². The van der Waals surface area contributed by atoms with Gasteiger partial charge in [-0.1, -0.05) is 23.7 Å². The van der Waals surface area contributed by atoms with Crippen LogP contribution in [0.1, 0.15) is 12.0 Å². The molecule has 0 aliphatic carbocycles. The Bertz CT molecular complexity index is 578. The molecular formula is C15H16ClN3O2. The van der Waals surface area contributed by atoms with Crippen LogP contribution in [0.15, 0.2) is 42.7 Å². The van der Waals surface area contributed by atoms with Crippen molar-refractivity contribution in [3.05, 3.63) is 53.3 Å². The van der Waals surface area contributed by atoms with Gasteiger partial charge in [-0.15, -0.1) is 0 Å². The number of rotatable bonds is 7. The zero-order valence-electron chi connectivity index (χ0n) is 11.5. The summed E-state index contributed by atoms with van der Waals surface area (Å²) in [4.78, 5) is 19.6. The van der Waals surface area contributed by atoms with Crippen LogP contribution in [-0.4, -0.2) is 29.1 Å². The number of nitrogens with one attached hydrogen (secondary N) is 1. The number of halogens is 1. The Balaban J connectivity index is 1.62. The Morgan fingerprint density at radius 2 is 2.05 bits per heavy atom. The lowest BCUT2D eigenvalue weighted by atomic mass is 10.1. The standard InChI is InChI=1S/C15H16ClN3O2/c16-13-4-1-3-12(11-13)5-6-14(20)21-10-9-19-15-17-7-2-8-18-15/h1-4,7-8,11H,5-6,9-10H2,(H,17,18,19). The highest BCUT2D eigenvalue weighted by molar-refractivity contribution is 6.30. The summed E-state index contributed by atoms with van der Waals surface area (Å²) in [6.07, 6.45) is 4.25. The monoisotopic (exact) mass is 305 g/mol. The lowest BCUT2D eigenvalue weighted by Gasteiger charge is -2.06. The summed E-state index contributed by atoms with van der Waals surface area (Å²) in [6.45, 7) is 0.763. The van der Waals surface area contributed by atoms with Crippen LogP contribution in [0.2, 0.25) is 5.02 Å². The van der Waals surface area contributed by atoms with Crippen LogP contribution < -0.4 is 5.32 Å². The Labute approximate surface area is 128 Å². The van der Waals surface area contributed by atoms with Gasteiger partial charge in [-0.3, -0.25) is 4.79 Å². The van der Waals surface area contributed by atoms with Gasteiger partial charge in [0.1, 0.15) is 6.61 Å². The van der Waals surface area contributed by atoms with E-state index in [1.54, 1.807) is 24.5 Å². The highest BCUT2D eigenvalue weighted by Gasteiger charge is 2.04. The lowest BCUT2D eigenvalue weighted by molar-refractivity contribution is -0.143. The number of anilines is 1. The summed E-state index contributed by atoms with van der Waals surface area (Å²) >= 11 is 5.88. The molecule has 0 aliphatic heterocycles. The lowest BCUT2D eigenvalue weighted by Crippen LogP contribution is -2.15. The number of hydrogen-bond acceptors (Lipinski definition) is 5. The predicted octanol–water partition coefficient (Wildman–Crippen LogP) is 2.72. The van der Waals surface area contributed by atoms with Gasteiger partial charge in [-0.05, 0) is 30.2 Å². The van der Waals surface area contributed by atoms with Crippen LogP contribution in [0, 0.1) is 0 Å². The van der Waals surface area contributed by atoms with Crippen LogP contribution in [0.5, 0.6) is 0 Å². The summed E-state index contributed by atoms with van der Waals surface area (Å²) in [5, 5.41) is 3.64. The molecule has 2 aromatic rings. The first kappa shape index (κ1) is 15.3. The van der Waals surface area contributed by atoms with Gasteiger partial charge in [-0.2, -0.15) is 0 Å². The molecule has 1 heterocycles. The second kappa shape index (κ2) is 8.21. The number of benzene rings is 1. The maximum atomic E-state index is 11.6. The molecule has 2 rings (SSSR count). The van der Waals surface area contributed by atoms with Crippen molar-refractivity contribution >= 4 is 23.5 Å². The zero-order valence-corrected chi connectivity index (χ0v) is 12.2. The van der Waals surface area contributed by atoms with Crippen molar-refractivity contribution in [2.45, 2.75) is 12.8 Å². The fraction of sp³-hybridized carbons (Fsp3) is 0.267. The summed E-state index contributed by atoms with van der Waals surface area (Å²) in [5.41, 5.74) is 1.02. The van der Waals surface area contributed by atoms with Crippen LogP contribution in [-0.2, 0) is 16.0 Å². The molecule has 0 fully saturated rings. The first-order valence-corrected chi connectivity index (χ1v) is 7.03. The molecule has 0 saturated heterocycles. The van der Waals surface area contributed by atoms with E-state index in [2.05, 4.69) is 15.3 Å². The molecule has 0 bridgehead atoms. The summed E-state index contributed by atoms with van der Waals surface area (Å²) < 4.78 is 5.13. The van der Waals surface area contributed by atoms with E-state index in [-0.39, 0.29) is 12.6 Å². The van der Waals surface area contributed by atoms with Gasteiger partial charge in [0.05, 0.1) is 6.54 Å². The Hall–Kier alpha value is -2.14. The maximum Gasteiger partial charge on any atom is 0.306 e. The minimum atomic E-state index is -0.231. The first-order chi connectivity index (χ1) is 10.2. The molecule has 1 N–H and O–H groups in total. The third-order valence-electron chi connectivity index (χ3n) is 2.72. The molecule has 0 amide bonds. The minimum Gasteiger partial charge on any atom is -0.464 e. The number of carbonyl (C=O) groups is 1. The van der Waals surface area contributed by atoms with Crippen molar-refractivity contribution in [3.8, 4) is 0 Å². The SMILES string of the molecule is O=C(CCc1cccc(Cl)c1)OCCNc1ncccn1. The summed E-state index contributed by atoms with van der Waals surface area (Å²) in [6, 6.07) is 9.20. The smallest absolute Gasteiger partial charge is 0.306 e. The van der Waals surface area contributed by atoms with Crippen molar-refractivity contribution in [1.82, 2.24) is 9.97 Å². The van der Waals surface area contributed by atoms with E-state index in [9.17, 15) is 4.79 Å². The highest BCUT2D eigenvalue weighted by Crippen LogP contribution is 2.12. The molecular weight excluding hydrogens is 290 g/mol. The molecule has 0 unspecified atom stereocenters. The van der Waals surface area contributed by atoms with Crippen molar-refractivity contribution in [2.75, 3.05) is 18.5 Å². The fourth-order valence-corrected chi connectivity index (χ4v) is 1.94. The summed E-state index contributed by atoms with van der Waals surface area (Å²) in [7, 11) is 0. The number of esters is 1. The van der Waals surface area contributed by atoms with Crippen molar-refractivity contribution in [1.29, 1.82) is 0 Å². The van der Waals surface area contributed by atoms with Gasteiger partial charge in [0.2, 0.25) is 5.95 Å². The quantitative estimate of drug-likeness (QED) is 0.629. The van der Waals surface area contributed by atoms with Gasteiger partial charge >= 0.3 is 5.97 Å². The third kappa shape index (κ3) is 5.79. The van der Waals surface area contributed by atoms with E-state index in [1.165, 1.54) is 0 Å². The van der Waals surface area contributed by atoms with E-state index in [0.29, 0.717) is 30.4 Å². The van der Waals surface area contributed by atoms with Crippen molar-refractivity contribution in [3.63, 3.8) is 0 Å². The number of ether oxygens (including phenoxy) is 1. The van der Waals surface area contributed by atoms with Crippen molar-refractivity contribution in [2.24, 2.45) is 0 Å². The van der Waals surface area contributed by atoms with Gasteiger partial charge in [-0.25, -0.2) is 9.97 Å². The van der Waals surface area contributed by atoms with Gasteiger partial charge < -0.3 is 10.1 Å². The van der Waals surface area contributed by atoms with Gasteiger partial charge in [0.15, 0.2) is 0 Å². The molecule has 0 spiro atoms. The zero-order chi connectivity index (χ0) is 14.9. The molecule has 0 radical (unpaired) electrons. The minimum absolute atomic E-state index is 0.231. The highest BCUT2D eigenvalue weighted by atomic mass is 35.5. The van der Waals surface area contributed by atoms with Crippen LogP contribution >= 0.6 is 11.6 Å². The van der Waals surface area contributed by atoms with Gasteiger partial charge in [0.25, 0.3) is 0 Å². The average molecular weight is 306 g/mol. The molecule has 0 aliphatic rings. The van der Waals surface area contributed by atoms with E-state index >= 15 is 0 Å². The number of aryl methyl sites for hydroxylation is 1. The third-order valence-corrected chi connectivity index (χ3v) is 2.96. The Morgan fingerprint density at radius 1 is 1.24 bits per heavy atom.